The first-order valence-electron chi connectivity index (χ1n) is 6.57. The van der Waals surface area contributed by atoms with Crippen LogP contribution in [0.4, 0.5) is 0 Å². The van der Waals surface area contributed by atoms with Gasteiger partial charge in [0.2, 0.25) is 5.91 Å². The first-order chi connectivity index (χ1) is 9.67. The third kappa shape index (κ3) is 5.71. The number of hydrogen-bond donors (Lipinski definition) is 2. The summed E-state index contributed by atoms with van der Waals surface area (Å²) < 4.78 is 10.4. The van der Waals surface area contributed by atoms with E-state index in [0.29, 0.717) is 31.1 Å². The monoisotopic (exact) mass is 280 g/mol. The molecule has 1 rings (SSSR count). The number of benzene rings is 1. The highest BCUT2D eigenvalue weighted by Gasteiger charge is 2.08. The Labute approximate surface area is 118 Å². The molecule has 0 unspecified atom stereocenters. The molecule has 0 radical (unpaired) electrons. The van der Waals surface area contributed by atoms with E-state index in [9.17, 15) is 9.59 Å². The largest absolute Gasteiger partial charge is 0.494 e. The minimum atomic E-state index is -0.392. The number of rotatable bonds is 7. The standard InChI is InChI=1S/C14H20N2O4/c1-3-19-9-8-13(17)15-16-14(18)11-6-5-7-12(10-11)20-4-2/h5-7,10H,3-4,8-9H2,1-2H3,(H,15,17)(H,16,18). The molecule has 110 valence electrons. The van der Waals surface area contributed by atoms with Crippen molar-refractivity contribution in [1.29, 1.82) is 0 Å². The maximum absolute atomic E-state index is 11.8. The fourth-order valence-corrected chi connectivity index (χ4v) is 1.46. The van der Waals surface area contributed by atoms with Crippen LogP contribution < -0.4 is 15.6 Å². The SMILES string of the molecule is CCOCCC(=O)NNC(=O)c1cccc(OCC)c1. The van der Waals surface area contributed by atoms with Crippen molar-refractivity contribution in [3.8, 4) is 5.75 Å². The van der Waals surface area contributed by atoms with Gasteiger partial charge in [-0.05, 0) is 32.0 Å². The van der Waals surface area contributed by atoms with Gasteiger partial charge in [0, 0.05) is 12.2 Å². The van der Waals surface area contributed by atoms with Crippen molar-refractivity contribution in [2.75, 3.05) is 19.8 Å². The number of ether oxygens (including phenoxy) is 2. The minimum Gasteiger partial charge on any atom is -0.494 e. The Hall–Kier alpha value is -2.08. The molecule has 0 fully saturated rings. The quantitative estimate of drug-likeness (QED) is 0.582. The molecule has 6 nitrogen and oxygen atoms in total. The molecule has 0 aliphatic heterocycles. The summed E-state index contributed by atoms with van der Waals surface area (Å²) >= 11 is 0. The van der Waals surface area contributed by atoms with Crippen LogP contribution in [0.25, 0.3) is 0 Å². The van der Waals surface area contributed by atoms with Crippen molar-refractivity contribution in [2.45, 2.75) is 20.3 Å². The van der Waals surface area contributed by atoms with E-state index in [0.717, 1.165) is 0 Å². The molecule has 0 bridgehead atoms. The summed E-state index contributed by atoms with van der Waals surface area (Å²) in [6.07, 6.45) is 0.201. The van der Waals surface area contributed by atoms with Crippen LogP contribution >= 0.6 is 0 Å². The molecular weight excluding hydrogens is 260 g/mol. The molecule has 2 N–H and O–H groups in total. The van der Waals surface area contributed by atoms with E-state index in [2.05, 4.69) is 10.9 Å². The van der Waals surface area contributed by atoms with Crippen LogP contribution in [0.3, 0.4) is 0 Å². The van der Waals surface area contributed by atoms with Crippen molar-refractivity contribution in [1.82, 2.24) is 10.9 Å². The summed E-state index contributed by atoms with van der Waals surface area (Å²) in [6, 6.07) is 6.74. The van der Waals surface area contributed by atoms with Gasteiger partial charge in [0.25, 0.3) is 5.91 Å². The average molecular weight is 280 g/mol. The molecule has 0 aliphatic carbocycles. The maximum Gasteiger partial charge on any atom is 0.269 e. The molecule has 0 saturated heterocycles. The fraction of sp³-hybridized carbons (Fsp3) is 0.429. The lowest BCUT2D eigenvalue weighted by Gasteiger charge is -2.08. The van der Waals surface area contributed by atoms with Gasteiger partial charge in [-0.15, -0.1) is 0 Å². The Morgan fingerprint density at radius 3 is 2.65 bits per heavy atom. The van der Waals surface area contributed by atoms with Crippen LogP contribution in [0, 0.1) is 0 Å². The molecule has 0 atom stereocenters. The molecule has 0 aliphatic rings. The van der Waals surface area contributed by atoms with Gasteiger partial charge in [-0.1, -0.05) is 6.07 Å². The van der Waals surface area contributed by atoms with Crippen molar-refractivity contribution >= 4 is 11.8 Å². The summed E-state index contributed by atoms with van der Waals surface area (Å²) in [7, 11) is 0. The number of nitrogens with one attached hydrogen (secondary N) is 2. The van der Waals surface area contributed by atoms with Gasteiger partial charge < -0.3 is 9.47 Å². The van der Waals surface area contributed by atoms with E-state index in [1.807, 2.05) is 13.8 Å². The molecule has 0 heterocycles. The van der Waals surface area contributed by atoms with Crippen LogP contribution in [0.1, 0.15) is 30.6 Å². The van der Waals surface area contributed by atoms with Gasteiger partial charge in [0.1, 0.15) is 5.75 Å². The van der Waals surface area contributed by atoms with E-state index in [4.69, 9.17) is 9.47 Å². The van der Waals surface area contributed by atoms with E-state index in [1.54, 1.807) is 24.3 Å². The Morgan fingerprint density at radius 1 is 1.15 bits per heavy atom. The van der Waals surface area contributed by atoms with Gasteiger partial charge in [-0.25, -0.2) is 0 Å². The van der Waals surface area contributed by atoms with Crippen molar-refractivity contribution in [3.63, 3.8) is 0 Å². The molecule has 0 aromatic heterocycles. The van der Waals surface area contributed by atoms with E-state index in [1.165, 1.54) is 0 Å². The second-order valence-corrected chi connectivity index (χ2v) is 3.91. The van der Waals surface area contributed by atoms with Gasteiger partial charge >= 0.3 is 0 Å². The van der Waals surface area contributed by atoms with E-state index in [-0.39, 0.29) is 12.3 Å². The number of carbonyl (C=O) groups is 2. The Kier molecular flexibility index (Phi) is 7.13. The van der Waals surface area contributed by atoms with E-state index >= 15 is 0 Å². The first-order valence-corrected chi connectivity index (χ1v) is 6.57. The second kappa shape index (κ2) is 8.92. The summed E-state index contributed by atoms with van der Waals surface area (Å²) in [6.45, 7) is 5.14. The van der Waals surface area contributed by atoms with E-state index < -0.39 is 5.91 Å². The number of amides is 2. The number of hydrazine groups is 1. The van der Waals surface area contributed by atoms with Gasteiger partial charge in [-0.2, -0.15) is 0 Å². The highest BCUT2D eigenvalue weighted by Crippen LogP contribution is 2.12. The predicted octanol–water partition coefficient (Wildman–Crippen LogP) is 1.27. The molecular formula is C14H20N2O4. The smallest absolute Gasteiger partial charge is 0.269 e. The molecule has 1 aromatic carbocycles. The summed E-state index contributed by atoms with van der Waals surface area (Å²) in [5, 5.41) is 0. The van der Waals surface area contributed by atoms with Gasteiger partial charge in [-0.3, -0.25) is 20.4 Å². The maximum atomic E-state index is 11.8. The Morgan fingerprint density at radius 2 is 1.95 bits per heavy atom. The predicted molar refractivity (Wildman–Crippen MR) is 74.3 cm³/mol. The average Bonchev–Trinajstić information content (AvgIpc) is 2.46. The normalized spacial score (nSPS) is 9.90. The molecule has 0 spiro atoms. The third-order valence-electron chi connectivity index (χ3n) is 2.40. The number of hydrogen-bond acceptors (Lipinski definition) is 4. The lowest BCUT2D eigenvalue weighted by molar-refractivity contribution is -0.122. The second-order valence-electron chi connectivity index (χ2n) is 3.91. The van der Waals surface area contributed by atoms with Crippen molar-refractivity contribution < 1.29 is 19.1 Å². The zero-order valence-corrected chi connectivity index (χ0v) is 11.8. The minimum absolute atomic E-state index is 0.201. The third-order valence-corrected chi connectivity index (χ3v) is 2.40. The Balaban J connectivity index is 2.42. The van der Waals surface area contributed by atoms with Crippen LogP contribution in [0.5, 0.6) is 5.75 Å². The zero-order valence-electron chi connectivity index (χ0n) is 11.8. The summed E-state index contributed by atoms with van der Waals surface area (Å²) in [5.74, 6) is -0.0769. The Bertz CT molecular complexity index is 449. The molecule has 0 saturated carbocycles. The highest BCUT2D eigenvalue weighted by atomic mass is 16.5. The van der Waals surface area contributed by atoms with Gasteiger partial charge in [0.15, 0.2) is 0 Å². The molecule has 20 heavy (non-hydrogen) atoms. The van der Waals surface area contributed by atoms with Crippen LogP contribution in [0.15, 0.2) is 24.3 Å². The van der Waals surface area contributed by atoms with Crippen molar-refractivity contribution in [2.24, 2.45) is 0 Å². The first kappa shape index (κ1) is 16.0. The van der Waals surface area contributed by atoms with Crippen LogP contribution in [0.2, 0.25) is 0 Å². The fourth-order valence-electron chi connectivity index (χ4n) is 1.46. The number of carbonyl (C=O) groups excluding carboxylic acids is 2. The van der Waals surface area contributed by atoms with Crippen molar-refractivity contribution in [3.05, 3.63) is 29.8 Å². The zero-order chi connectivity index (χ0) is 14.8. The summed E-state index contributed by atoms with van der Waals surface area (Å²) in [5.41, 5.74) is 5.10. The molecule has 2 amide bonds. The summed E-state index contributed by atoms with van der Waals surface area (Å²) in [4.78, 5) is 23.2. The highest BCUT2D eigenvalue weighted by molar-refractivity contribution is 5.95. The van der Waals surface area contributed by atoms with Gasteiger partial charge in [0.05, 0.1) is 19.6 Å². The van der Waals surface area contributed by atoms with Crippen LogP contribution in [-0.4, -0.2) is 31.6 Å². The lowest BCUT2D eigenvalue weighted by Crippen LogP contribution is -2.41. The lowest BCUT2D eigenvalue weighted by atomic mass is 10.2. The topological polar surface area (TPSA) is 76.7 Å². The molecule has 6 heteroatoms. The molecule has 1 aromatic rings. The van der Waals surface area contributed by atoms with Crippen LogP contribution in [-0.2, 0) is 9.53 Å².